The van der Waals surface area contributed by atoms with Crippen LogP contribution in [0.15, 0.2) is 60.7 Å². The summed E-state index contributed by atoms with van der Waals surface area (Å²) in [7, 11) is 0. The second kappa shape index (κ2) is 6.51. The van der Waals surface area contributed by atoms with Gasteiger partial charge in [-0.15, -0.1) is 0 Å². The van der Waals surface area contributed by atoms with E-state index in [-0.39, 0.29) is 0 Å². The first kappa shape index (κ1) is 19.6. The topological polar surface area (TPSA) is 0 Å². The third-order valence-corrected chi connectivity index (χ3v) is 4.80. The summed E-state index contributed by atoms with van der Waals surface area (Å²) >= 11 is -1.47. The molecule has 0 amide bonds. The number of halogens is 8. The van der Waals surface area contributed by atoms with Crippen molar-refractivity contribution in [2.75, 3.05) is 0 Å². The molecule has 136 valence electrons. The van der Waals surface area contributed by atoms with Crippen LogP contribution in [0.3, 0.4) is 0 Å². The van der Waals surface area contributed by atoms with Crippen molar-refractivity contribution in [1.29, 1.82) is 0 Å². The Morgan fingerprint density at radius 1 is 0.480 bits per heavy atom. The van der Waals surface area contributed by atoms with Crippen molar-refractivity contribution in [3.63, 3.8) is 0 Å². The molecule has 0 nitrogen and oxygen atoms in total. The van der Waals surface area contributed by atoms with E-state index in [4.69, 9.17) is 0 Å². The molecule has 0 bridgehead atoms. The highest BCUT2D eigenvalue weighted by molar-refractivity contribution is 8.01. The van der Waals surface area contributed by atoms with Crippen LogP contribution < -0.4 is 0 Å². The van der Waals surface area contributed by atoms with Crippen molar-refractivity contribution in [1.82, 2.24) is 0 Å². The minimum atomic E-state index is -5.78. The Kier molecular flexibility index (Phi) is 5.09. The Hall–Kier alpha value is -1.77. The van der Waals surface area contributed by atoms with E-state index in [2.05, 4.69) is 0 Å². The van der Waals surface area contributed by atoms with E-state index in [0.29, 0.717) is 24.3 Å². The second-order valence-corrected chi connectivity index (χ2v) is 6.35. The Morgan fingerprint density at radius 2 is 0.760 bits per heavy atom. The van der Waals surface area contributed by atoms with E-state index in [1.54, 1.807) is 0 Å². The Morgan fingerprint density at radius 3 is 1.00 bits per heavy atom. The van der Waals surface area contributed by atoms with Crippen LogP contribution in [0.25, 0.3) is 0 Å². The van der Waals surface area contributed by atoms with E-state index in [0.717, 1.165) is 24.3 Å². The summed E-state index contributed by atoms with van der Waals surface area (Å²) in [5.74, 6) is 0. The third kappa shape index (κ3) is 3.61. The van der Waals surface area contributed by atoms with Gasteiger partial charge in [-0.1, -0.05) is 72.4 Å². The molecule has 0 radical (unpaired) electrons. The summed E-state index contributed by atoms with van der Waals surface area (Å²) in [5, 5.41) is -9.21. The fourth-order valence-corrected chi connectivity index (χ4v) is 3.19. The smallest absolute Gasteiger partial charge is 0.216 e. The van der Waals surface area contributed by atoms with Crippen molar-refractivity contribution in [2.24, 2.45) is 0 Å². The van der Waals surface area contributed by atoms with Gasteiger partial charge in [0, 0.05) is 11.1 Å². The predicted octanol–water partition coefficient (Wildman–Crippen LogP) is 6.49. The lowest BCUT2D eigenvalue weighted by molar-refractivity contribution is -0.213. The van der Waals surface area contributed by atoms with Crippen LogP contribution >= 0.6 is 11.8 Å². The van der Waals surface area contributed by atoms with Crippen LogP contribution in [0.1, 0.15) is 11.1 Å². The number of benzene rings is 2. The van der Waals surface area contributed by atoms with Gasteiger partial charge in [0.1, 0.15) is 0 Å². The van der Waals surface area contributed by atoms with Crippen LogP contribution in [-0.2, 0) is 10.0 Å². The molecule has 0 saturated heterocycles. The molecule has 2 unspecified atom stereocenters. The monoisotopic (exact) mass is 386 g/mol. The van der Waals surface area contributed by atoms with E-state index in [1.807, 2.05) is 0 Å². The number of hydrogen-bond donors (Lipinski definition) is 0. The lowest BCUT2D eigenvalue weighted by Gasteiger charge is -2.36. The molecule has 25 heavy (non-hydrogen) atoms. The summed E-state index contributed by atoms with van der Waals surface area (Å²) in [6.45, 7) is 0. The highest BCUT2D eigenvalue weighted by atomic mass is 32.2. The molecule has 2 atom stereocenters. The van der Waals surface area contributed by atoms with Crippen molar-refractivity contribution in [2.45, 2.75) is 22.4 Å². The van der Waals surface area contributed by atoms with E-state index in [9.17, 15) is 35.1 Å². The summed E-state index contributed by atoms with van der Waals surface area (Å²) in [6, 6.07) is 9.22. The van der Waals surface area contributed by atoms with Gasteiger partial charge in [0.25, 0.3) is 10.0 Å². The minimum absolute atomic E-state index is 0.655. The molecule has 0 spiro atoms. The molecule has 9 heteroatoms. The first-order valence-electron chi connectivity index (χ1n) is 6.74. The number of rotatable bonds is 4. The van der Waals surface area contributed by atoms with Gasteiger partial charge in [0.2, 0.25) is 0 Å². The molecule has 0 aliphatic rings. The third-order valence-electron chi connectivity index (χ3n) is 3.30. The molecule has 2 rings (SSSR count). The zero-order chi connectivity index (χ0) is 18.9. The second-order valence-electron chi connectivity index (χ2n) is 5.02. The van der Waals surface area contributed by atoms with Gasteiger partial charge in [0.05, 0.1) is 0 Å². The maximum atomic E-state index is 14.8. The lowest BCUT2D eigenvalue weighted by atomic mass is 10.1. The van der Waals surface area contributed by atoms with Gasteiger partial charge in [-0.2, -0.15) is 26.3 Å². The summed E-state index contributed by atoms with van der Waals surface area (Å²) in [6.07, 6.45) is -11.6. The van der Waals surface area contributed by atoms with Gasteiger partial charge >= 0.3 is 12.4 Å². The van der Waals surface area contributed by atoms with Crippen molar-refractivity contribution < 1.29 is 35.1 Å². The highest BCUT2D eigenvalue weighted by Gasteiger charge is 2.69. The maximum Gasteiger partial charge on any atom is 0.436 e. The Labute approximate surface area is 141 Å². The summed E-state index contributed by atoms with van der Waals surface area (Å²) in [4.78, 5) is 0. The van der Waals surface area contributed by atoms with Crippen molar-refractivity contribution >= 4 is 11.8 Å². The summed E-state index contributed by atoms with van der Waals surface area (Å²) in [5.41, 5.74) is -2.26. The van der Waals surface area contributed by atoms with Crippen molar-refractivity contribution in [3.8, 4) is 0 Å². The van der Waals surface area contributed by atoms with E-state index >= 15 is 0 Å². The zero-order valence-electron chi connectivity index (χ0n) is 12.2. The fourth-order valence-electron chi connectivity index (χ4n) is 2.06. The zero-order valence-corrected chi connectivity index (χ0v) is 13.0. The molecule has 2 aromatic rings. The van der Waals surface area contributed by atoms with Crippen molar-refractivity contribution in [3.05, 3.63) is 71.8 Å². The molecule has 0 N–H and O–H groups in total. The fraction of sp³-hybridized carbons (Fsp3) is 0.250. The normalized spacial score (nSPS) is 17.6. The van der Waals surface area contributed by atoms with Crippen LogP contribution in [0.2, 0.25) is 0 Å². The lowest BCUT2D eigenvalue weighted by Crippen LogP contribution is -2.44. The molecular formula is C16H10F8S. The first-order valence-corrected chi connectivity index (χ1v) is 7.56. The van der Waals surface area contributed by atoms with Crippen LogP contribution in [0.5, 0.6) is 0 Å². The highest BCUT2D eigenvalue weighted by Crippen LogP contribution is 2.62. The Balaban J connectivity index is 2.63. The molecule has 0 aliphatic heterocycles. The van der Waals surface area contributed by atoms with Gasteiger partial charge in [-0.3, -0.25) is 0 Å². The minimum Gasteiger partial charge on any atom is -0.216 e. The number of alkyl halides is 8. The Bertz CT molecular complexity index is 636. The molecule has 0 heterocycles. The van der Waals surface area contributed by atoms with Gasteiger partial charge in [0.15, 0.2) is 0 Å². The molecule has 0 aromatic heterocycles. The molecular weight excluding hydrogens is 376 g/mol. The average Bonchev–Trinajstić information content (AvgIpc) is 2.54. The van der Waals surface area contributed by atoms with Crippen LogP contribution in [0, 0.1) is 0 Å². The number of thioether (sulfide) groups is 1. The van der Waals surface area contributed by atoms with Crippen LogP contribution in [-0.4, -0.2) is 12.4 Å². The molecule has 0 fully saturated rings. The number of hydrogen-bond acceptors (Lipinski definition) is 1. The maximum absolute atomic E-state index is 14.8. The predicted molar refractivity (Wildman–Crippen MR) is 78.2 cm³/mol. The van der Waals surface area contributed by atoms with E-state index < -0.39 is 45.2 Å². The molecule has 0 aliphatic carbocycles. The summed E-state index contributed by atoms with van der Waals surface area (Å²) < 4.78 is 109. The standard InChI is InChI=1S/C16H10F8S/c17-13(15(19,20)21,11-7-3-1-4-8-11)25-14(18,16(22,23)24)12-9-5-2-6-10-12/h1-10H. The van der Waals surface area contributed by atoms with Gasteiger partial charge < -0.3 is 0 Å². The first-order chi connectivity index (χ1) is 11.4. The van der Waals surface area contributed by atoms with Gasteiger partial charge in [-0.05, 0) is 0 Å². The molecule has 2 aromatic carbocycles. The van der Waals surface area contributed by atoms with Crippen LogP contribution in [0.4, 0.5) is 35.1 Å². The SMILES string of the molecule is FC(F)(F)C(F)(SC(F)(c1ccccc1)C(F)(F)F)c1ccccc1. The largest absolute Gasteiger partial charge is 0.436 e. The van der Waals surface area contributed by atoms with E-state index in [1.165, 1.54) is 12.1 Å². The molecule has 0 saturated carbocycles. The van der Waals surface area contributed by atoms with Gasteiger partial charge in [-0.25, -0.2) is 8.78 Å². The quantitative estimate of drug-likeness (QED) is 0.542. The average molecular weight is 386 g/mol.